The molecule has 0 saturated heterocycles. The normalized spacial score (nSPS) is 14.4. The molecular formula is C14H25ClO. The van der Waals surface area contributed by atoms with Gasteiger partial charge in [-0.05, 0) is 19.3 Å². The lowest BCUT2D eigenvalue weighted by molar-refractivity contribution is 0.167. The second-order valence-electron chi connectivity index (χ2n) is 4.23. The molecule has 0 aromatic carbocycles. The Balaban J connectivity index is 3.20. The molecule has 0 aromatic heterocycles. The van der Waals surface area contributed by atoms with Crippen LogP contribution in [0.3, 0.4) is 0 Å². The number of aliphatic hydroxyl groups is 1. The van der Waals surface area contributed by atoms with Crippen LogP contribution in [0.1, 0.15) is 51.4 Å². The van der Waals surface area contributed by atoms with Crippen LogP contribution >= 0.6 is 11.6 Å². The second kappa shape index (κ2) is 11.2. The third kappa shape index (κ3) is 8.99. The molecule has 2 atom stereocenters. The summed E-state index contributed by atoms with van der Waals surface area (Å²) in [4.78, 5) is 0. The average molecular weight is 245 g/mol. The van der Waals surface area contributed by atoms with Crippen molar-refractivity contribution in [2.24, 2.45) is 0 Å². The maximum Gasteiger partial charge on any atom is 0.0772 e. The summed E-state index contributed by atoms with van der Waals surface area (Å²) < 4.78 is 0. The smallest absolute Gasteiger partial charge is 0.0772 e. The predicted molar refractivity (Wildman–Crippen MR) is 73.0 cm³/mol. The molecule has 0 amide bonds. The van der Waals surface area contributed by atoms with E-state index < -0.39 is 6.10 Å². The van der Waals surface area contributed by atoms with Gasteiger partial charge in [0, 0.05) is 0 Å². The minimum atomic E-state index is -0.431. The van der Waals surface area contributed by atoms with Crippen LogP contribution in [0.2, 0.25) is 0 Å². The topological polar surface area (TPSA) is 20.2 Å². The van der Waals surface area contributed by atoms with Crippen molar-refractivity contribution < 1.29 is 5.11 Å². The first kappa shape index (κ1) is 15.7. The molecule has 0 heterocycles. The van der Waals surface area contributed by atoms with E-state index in [1.54, 1.807) is 6.08 Å². The van der Waals surface area contributed by atoms with Crippen LogP contribution in [0.5, 0.6) is 0 Å². The Bertz CT molecular complexity index is 180. The molecule has 16 heavy (non-hydrogen) atoms. The summed E-state index contributed by atoms with van der Waals surface area (Å²) in [5, 5.41) is 9.28. The summed E-state index contributed by atoms with van der Waals surface area (Å²) in [6.45, 7) is 7.27. The summed E-state index contributed by atoms with van der Waals surface area (Å²) in [6.07, 6.45) is 12.4. The van der Waals surface area contributed by atoms with E-state index in [0.717, 1.165) is 19.3 Å². The van der Waals surface area contributed by atoms with E-state index in [1.807, 2.05) is 6.08 Å². The van der Waals surface area contributed by atoms with Crippen molar-refractivity contribution in [3.05, 3.63) is 25.3 Å². The van der Waals surface area contributed by atoms with Crippen LogP contribution in [0.4, 0.5) is 0 Å². The molecule has 0 bridgehead atoms. The zero-order valence-electron chi connectivity index (χ0n) is 10.2. The Kier molecular flexibility index (Phi) is 11.0. The number of aliphatic hydroxyl groups excluding tert-OH is 1. The fourth-order valence-corrected chi connectivity index (χ4v) is 1.79. The molecule has 0 radical (unpaired) electrons. The third-order valence-corrected chi connectivity index (χ3v) is 3.22. The van der Waals surface area contributed by atoms with Crippen molar-refractivity contribution in [2.45, 2.75) is 62.8 Å². The van der Waals surface area contributed by atoms with Crippen LogP contribution in [-0.4, -0.2) is 16.6 Å². The van der Waals surface area contributed by atoms with Crippen LogP contribution in [0.25, 0.3) is 0 Å². The third-order valence-electron chi connectivity index (χ3n) is 2.75. The highest BCUT2D eigenvalue weighted by atomic mass is 35.5. The van der Waals surface area contributed by atoms with Gasteiger partial charge in [0.1, 0.15) is 0 Å². The molecule has 0 aliphatic carbocycles. The Morgan fingerprint density at radius 2 is 1.56 bits per heavy atom. The van der Waals surface area contributed by atoms with Gasteiger partial charge >= 0.3 is 0 Å². The van der Waals surface area contributed by atoms with E-state index in [1.165, 1.54) is 32.1 Å². The van der Waals surface area contributed by atoms with Crippen LogP contribution in [0.15, 0.2) is 25.3 Å². The van der Waals surface area contributed by atoms with Gasteiger partial charge in [-0.2, -0.15) is 0 Å². The number of allylic oxidation sites excluding steroid dienone is 1. The molecule has 1 nitrogen and oxygen atoms in total. The summed E-state index contributed by atoms with van der Waals surface area (Å²) >= 11 is 5.84. The highest BCUT2D eigenvalue weighted by molar-refractivity contribution is 6.22. The van der Waals surface area contributed by atoms with E-state index in [4.69, 9.17) is 11.6 Å². The van der Waals surface area contributed by atoms with Gasteiger partial charge < -0.3 is 5.11 Å². The summed E-state index contributed by atoms with van der Waals surface area (Å²) in [7, 11) is 0. The van der Waals surface area contributed by atoms with Crippen molar-refractivity contribution in [1.82, 2.24) is 0 Å². The first-order chi connectivity index (χ1) is 7.72. The molecule has 2 heteroatoms. The Morgan fingerprint density at radius 1 is 1.00 bits per heavy atom. The first-order valence-corrected chi connectivity index (χ1v) is 6.71. The lowest BCUT2D eigenvalue weighted by atomic mass is 10.0. The highest BCUT2D eigenvalue weighted by Crippen LogP contribution is 2.14. The predicted octanol–water partition coefficient (Wildman–Crippen LogP) is 4.45. The van der Waals surface area contributed by atoms with Crippen molar-refractivity contribution in [1.29, 1.82) is 0 Å². The highest BCUT2D eigenvalue weighted by Gasteiger charge is 2.11. The van der Waals surface area contributed by atoms with Gasteiger partial charge in [-0.1, -0.05) is 44.3 Å². The Morgan fingerprint density at radius 3 is 2.12 bits per heavy atom. The van der Waals surface area contributed by atoms with E-state index in [0.29, 0.717) is 0 Å². The van der Waals surface area contributed by atoms with Crippen LogP contribution in [0, 0.1) is 0 Å². The summed E-state index contributed by atoms with van der Waals surface area (Å²) in [6, 6.07) is 0. The van der Waals surface area contributed by atoms with Crippen molar-refractivity contribution in [2.75, 3.05) is 0 Å². The number of hydrogen-bond donors (Lipinski definition) is 1. The van der Waals surface area contributed by atoms with Gasteiger partial charge in [0.25, 0.3) is 0 Å². The van der Waals surface area contributed by atoms with Gasteiger partial charge in [0.15, 0.2) is 0 Å². The standard InChI is InChI=1S/C14H25ClO/c1-3-5-6-7-8-9-10-11-12-14(16)13(15)4-2/h3-4,13-14,16H,1-2,5-12H2/t13-,14-/m0/s1. The van der Waals surface area contributed by atoms with Gasteiger partial charge in [0.2, 0.25) is 0 Å². The average Bonchev–Trinajstić information content (AvgIpc) is 2.31. The molecular weight excluding hydrogens is 220 g/mol. The number of alkyl halides is 1. The van der Waals surface area contributed by atoms with E-state index in [2.05, 4.69) is 13.2 Å². The zero-order valence-corrected chi connectivity index (χ0v) is 11.0. The lowest BCUT2D eigenvalue weighted by Crippen LogP contribution is -2.18. The van der Waals surface area contributed by atoms with Gasteiger partial charge in [-0.3, -0.25) is 0 Å². The maximum absolute atomic E-state index is 9.58. The fraction of sp³-hybridized carbons (Fsp3) is 0.714. The summed E-state index contributed by atoms with van der Waals surface area (Å²) in [5.41, 5.74) is 0. The van der Waals surface area contributed by atoms with Crippen LogP contribution in [-0.2, 0) is 0 Å². The molecule has 0 aliphatic rings. The number of halogens is 1. The maximum atomic E-state index is 9.58. The van der Waals surface area contributed by atoms with E-state index >= 15 is 0 Å². The largest absolute Gasteiger partial charge is 0.391 e. The second-order valence-corrected chi connectivity index (χ2v) is 4.74. The molecule has 0 spiro atoms. The molecule has 0 saturated carbocycles. The number of rotatable bonds is 11. The Hall–Kier alpha value is -0.270. The molecule has 1 N–H and O–H groups in total. The minimum Gasteiger partial charge on any atom is -0.391 e. The minimum absolute atomic E-state index is 0.299. The van der Waals surface area contributed by atoms with Crippen molar-refractivity contribution in [3.63, 3.8) is 0 Å². The molecule has 94 valence electrons. The van der Waals surface area contributed by atoms with Crippen LogP contribution < -0.4 is 0 Å². The Labute approximate surface area is 105 Å². The van der Waals surface area contributed by atoms with Gasteiger partial charge in [-0.15, -0.1) is 24.8 Å². The molecule has 0 rings (SSSR count). The van der Waals surface area contributed by atoms with Crippen molar-refractivity contribution >= 4 is 11.6 Å². The number of unbranched alkanes of at least 4 members (excludes halogenated alkanes) is 6. The quantitative estimate of drug-likeness (QED) is 0.324. The first-order valence-electron chi connectivity index (χ1n) is 6.28. The molecule has 0 fully saturated rings. The van der Waals surface area contributed by atoms with E-state index in [9.17, 15) is 5.11 Å². The van der Waals surface area contributed by atoms with Gasteiger partial charge in [-0.25, -0.2) is 0 Å². The molecule has 0 unspecified atom stereocenters. The summed E-state index contributed by atoms with van der Waals surface area (Å²) in [5.74, 6) is 0. The SMILES string of the molecule is C=CCCCCCCCC[C@H](O)[C@@H](Cl)C=C. The monoisotopic (exact) mass is 244 g/mol. The van der Waals surface area contributed by atoms with E-state index in [-0.39, 0.29) is 5.38 Å². The number of hydrogen-bond acceptors (Lipinski definition) is 1. The molecule has 0 aromatic rings. The fourth-order valence-electron chi connectivity index (χ4n) is 1.67. The zero-order chi connectivity index (χ0) is 12.2. The molecule has 0 aliphatic heterocycles. The van der Waals surface area contributed by atoms with Gasteiger partial charge in [0.05, 0.1) is 11.5 Å². The van der Waals surface area contributed by atoms with Crippen molar-refractivity contribution in [3.8, 4) is 0 Å². The lowest BCUT2D eigenvalue weighted by Gasteiger charge is -2.12.